The number of nitrogens with one attached hydrogen (secondary N) is 2. The maximum Gasteiger partial charge on any atom is 0.243 e. The third-order valence-corrected chi connectivity index (χ3v) is 4.99. The zero-order valence-electron chi connectivity index (χ0n) is 13.3. The maximum atomic E-state index is 12.2. The van der Waals surface area contributed by atoms with Gasteiger partial charge in [0, 0.05) is 43.8 Å². The van der Waals surface area contributed by atoms with E-state index in [2.05, 4.69) is 25.4 Å². The molecule has 2 heterocycles. The van der Waals surface area contributed by atoms with Gasteiger partial charge in [0.25, 0.3) is 0 Å². The van der Waals surface area contributed by atoms with Crippen LogP contribution in [0.1, 0.15) is 19.8 Å². The molecular weight excluding hydrogens is 314 g/mol. The predicted octanol–water partition coefficient (Wildman–Crippen LogP) is 0.366. The first kappa shape index (κ1) is 16.4. The standard InChI is InChI=1S/C15H23N5O2S/c1-11(14(22)18-15-16-4-9-23-15)20-7-5-19(6-8-20)10-13(21)17-12-2-3-12/h4,9,11-12H,2-3,5-8,10H2,1H3,(H,17,21)(H,16,18,22). The van der Waals surface area contributed by atoms with Crippen LogP contribution >= 0.6 is 11.3 Å². The first-order valence-corrected chi connectivity index (χ1v) is 8.96. The summed E-state index contributed by atoms with van der Waals surface area (Å²) in [6.45, 7) is 5.59. The molecule has 2 amide bonds. The van der Waals surface area contributed by atoms with Gasteiger partial charge in [-0.3, -0.25) is 19.4 Å². The lowest BCUT2D eigenvalue weighted by Gasteiger charge is -2.37. The van der Waals surface area contributed by atoms with Crippen LogP contribution in [-0.2, 0) is 9.59 Å². The molecule has 2 N–H and O–H groups in total. The Bertz CT molecular complexity index is 538. The van der Waals surface area contributed by atoms with Crippen LogP contribution in [0.3, 0.4) is 0 Å². The highest BCUT2D eigenvalue weighted by molar-refractivity contribution is 7.13. The minimum Gasteiger partial charge on any atom is -0.352 e. The van der Waals surface area contributed by atoms with E-state index in [0.29, 0.717) is 17.7 Å². The van der Waals surface area contributed by atoms with Gasteiger partial charge in [-0.15, -0.1) is 11.3 Å². The Kier molecular flexibility index (Phi) is 5.24. The molecule has 2 aliphatic rings. The number of nitrogens with zero attached hydrogens (tertiary/aromatic N) is 3. The molecule has 1 aliphatic heterocycles. The fourth-order valence-electron chi connectivity index (χ4n) is 2.67. The first-order valence-electron chi connectivity index (χ1n) is 8.08. The molecule has 1 saturated heterocycles. The number of hydrogen-bond donors (Lipinski definition) is 2. The third kappa shape index (κ3) is 4.73. The Labute approximate surface area is 140 Å². The van der Waals surface area contributed by atoms with Crippen LogP contribution in [0.25, 0.3) is 0 Å². The van der Waals surface area contributed by atoms with E-state index >= 15 is 0 Å². The van der Waals surface area contributed by atoms with Crippen molar-refractivity contribution in [2.75, 3.05) is 38.0 Å². The fraction of sp³-hybridized carbons (Fsp3) is 0.667. The number of anilines is 1. The van der Waals surface area contributed by atoms with Crippen molar-refractivity contribution < 1.29 is 9.59 Å². The van der Waals surface area contributed by atoms with Gasteiger partial charge in [-0.25, -0.2) is 4.98 Å². The van der Waals surface area contributed by atoms with E-state index < -0.39 is 0 Å². The molecule has 0 spiro atoms. The molecule has 2 fully saturated rings. The number of piperazine rings is 1. The van der Waals surface area contributed by atoms with Crippen molar-refractivity contribution in [3.8, 4) is 0 Å². The van der Waals surface area contributed by atoms with Gasteiger partial charge in [0.05, 0.1) is 12.6 Å². The van der Waals surface area contributed by atoms with Crippen LogP contribution in [0.4, 0.5) is 5.13 Å². The number of thiazole rings is 1. The van der Waals surface area contributed by atoms with Crippen molar-refractivity contribution in [1.29, 1.82) is 0 Å². The quantitative estimate of drug-likeness (QED) is 0.784. The van der Waals surface area contributed by atoms with E-state index in [1.807, 2.05) is 12.3 Å². The van der Waals surface area contributed by atoms with E-state index in [0.717, 1.165) is 39.0 Å². The van der Waals surface area contributed by atoms with Gasteiger partial charge >= 0.3 is 0 Å². The highest BCUT2D eigenvalue weighted by Crippen LogP contribution is 2.18. The summed E-state index contributed by atoms with van der Waals surface area (Å²) in [5.41, 5.74) is 0. The average Bonchev–Trinajstić information content (AvgIpc) is 3.20. The Morgan fingerprint density at radius 2 is 2.09 bits per heavy atom. The van der Waals surface area contributed by atoms with Crippen LogP contribution in [0, 0.1) is 0 Å². The molecule has 1 aromatic heterocycles. The first-order chi connectivity index (χ1) is 11.1. The molecule has 1 atom stereocenters. The minimum absolute atomic E-state index is 0.0279. The van der Waals surface area contributed by atoms with Crippen molar-refractivity contribution in [2.24, 2.45) is 0 Å². The largest absolute Gasteiger partial charge is 0.352 e. The Morgan fingerprint density at radius 3 is 2.70 bits per heavy atom. The summed E-state index contributed by atoms with van der Waals surface area (Å²) in [5.74, 6) is 0.0930. The third-order valence-electron chi connectivity index (χ3n) is 4.31. The van der Waals surface area contributed by atoms with Crippen molar-refractivity contribution in [3.05, 3.63) is 11.6 Å². The van der Waals surface area contributed by atoms with Crippen LogP contribution in [0.2, 0.25) is 0 Å². The summed E-state index contributed by atoms with van der Waals surface area (Å²) in [7, 11) is 0. The minimum atomic E-state index is -0.193. The van der Waals surface area contributed by atoms with Gasteiger partial charge in [0.1, 0.15) is 0 Å². The zero-order chi connectivity index (χ0) is 16.2. The zero-order valence-corrected chi connectivity index (χ0v) is 14.1. The maximum absolute atomic E-state index is 12.2. The second kappa shape index (κ2) is 7.37. The topological polar surface area (TPSA) is 77.6 Å². The molecule has 7 nitrogen and oxygen atoms in total. The Balaban J connectivity index is 1.40. The van der Waals surface area contributed by atoms with Crippen molar-refractivity contribution in [2.45, 2.75) is 31.8 Å². The van der Waals surface area contributed by atoms with E-state index in [1.54, 1.807) is 6.20 Å². The van der Waals surface area contributed by atoms with Crippen LogP contribution in [0.5, 0.6) is 0 Å². The molecule has 126 valence electrons. The molecule has 1 unspecified atom stereocenters. The fourth-order valence-corrected chi connectivity index (χ4v) is 3.21. The van der Waals surface area contributed by atoms with Gasteiger partial charge in [0.15, 0.2) is 5.13 Å². The van der Waals surface area contributed by atoms with Gasteiger partial charge in [-0.2, -0.15) is 0 Å². The molecule has 23 heavy (non-hydrogen) atoms. The number of rotatable bonds is 6. The summed E-state index contributed by atoms with van der Waals surface area (Å²) in [4.78, 5) is 32.4. The number of aromatic nitrogens is 1. The average molecular weight is 337 g/mol. The molecule has 0 aromatic carbocycles. The second-order valence-corrected chi connectivity index (χ2v) is 7.05. The van der Waals surface area contributed by atoms with E-state index in [9.17, 15) is 9.59 Å². The van der Waals surface area contributed by atoms with E-state index in [4.69, 9.17) is 0 Å². The SMILES string of the molecule is CC(C(=O)Nc1nccs1)N1CCN(CC(=O)NC2CC2)CC1. The highest BCUT2D eigenvalue weighted by Gasteiger charge is 2.28. The van der Waals surface area contributed by atoms with Crippen LogP contribution < -0.4 is 10.6 Å². The van der Waals surface area contributed by atoms with Gasteiger partial charge < -0.3 is 10.6 Å². The van der Waals surface area contributed by atoms with Gasteiger partial charge in [0.2, 0.25) is 11.8 Å². The Morgan fingerprint density at radius 1 is 1.35 bits per heavy atom. The lowest BCUT2D eigenvalue weighted by atomic mass is 10.2. The number of hydrogen-bond acceptors (Lipinski definition) is 6. The van der Waals surface area contributed by atoms with E-state index in [-0.39, 0.29) is 17.9 Å². The summed E-state index contributed by atoms with van der Waals surface area (Å²) in [5, 5.41) is 8.33. The molecular formula is C15H23N5O2S. The van der Waals surface area contributed by atoms with Crippen LogP contribution in [0.15, 0.2) is 11.6 Å². The second-order valence-electron chi connectivity index (χ2n) is 6.16. The number of carbonyl (C=O) groups is 2. The van der Waals surface area contributed by atoms with E-state index in [1.165, 1.54) is 11.3 Å². The summed E-state index contributed by atoms with van der Waals surface area (Å²) >= 11 is 1.42. The summed E-state index contributed by atoms with van der Waals surface area (Å²) in [6, 6.07) is 0.222. The normalized spacial score (nSPS) is 20.9. The van der Waals surface area contributed by atoms with Crippen molar-refractivity contribution >= 4 is 28.3 Å². The number of carbonyl (C=O) groups excluding carboxylic acids is 2. The van der Waals surface area contributed by atoms with Crippen molar-refractivity contribution in [1.82, 2.24) is 20.1 Å². The monoisotopic (exact) mass is 337 g/mol. The molecule has 1 aliphatic carbocycles. The highest BCUT2D eigenvalue weighted by atomic mass is 32.1. The summed E-state index contributed by atoms with van der Waals surface area (Å²) in [6.07, 6.45) is 3.91. The smallest absolute Gasteiger partial charge is 0.243 e. The van der Waals surface area contributed by atoms with Gasteiger partial charge in [-0.1, -0.05) is 0 Å². The van der Waals surface area contributed by atoms with Crippen LogP contribution in [-0.4, -0.2) is 71.4 Å². The number of amides is 2. The molecule has 1 saturated carbocycles. The van der Waals surface area contributed by atoms with Crippen molar-refractivity contribution in [3.63, 3.8) is 0 Å². The predicted molar refractivity (Wildman–Crippen MR) is 89.4 cm³/mol. The molecule has 1 aromatic rings. The lowest BCUT2D eigenvalue weighted by molar-refractivity contribution is -0.124. The molecule has 0 bridgehead atoms. The molecule has 0 radical (unpaired) electrons. The Hall–Kier alpha value is -1.51. The molecule has 8 heteroatoms. The van der Waals surface area contributed by atoms with Gasteiger partial charge in [-0.05, 0) is 19.8 Å². The molecule has 3 rings (SSSR count). The summed E-state index contributed by atoms with van der Waals surface area (Å²) < 4.78 is 0. The lowest BCUT2D eigenvalue weighted by Crippen LogP contribution is -2.54.